The predicted molar refractivity (Wildman–Crippen MR) is 121 cm³/mol. The van der Waals surface area contributed by atoms with Crippen LogP contribution in [0.3, 0.4) is 0 Å². The maximum Gasteiger partial charge on any atom is 0.166 e. The van der Waals surface area contributed by atoms with Crippen LogP contribution in [0.4, 0.5) is 0 Å². The zero-order chi connectivity index (χ0) is 19.3. The largest absolute Gasteiger partial charge is 0.333 e. The lowest BCUT2D eigenvalue weighted by Crippen LogP contribution is -2.45. The fraction of sp³-hybridized carbons (Fsp3) is 0.409. The second-order valence-electron chi connectivity index (χ2n) is 7.38. The van der Waals surface area contributed by atoms with E-state index in [4.69, 9.17) is 0 Å². The molecule has 1 fully saturated rings. The maximum atomic E-state index is 4.68. The summed E-state index contributed by atoms with van der Waals surface area (Å²) >= 11 is 3.77. The Labute approximate surface area is 176 Å². The second-order valence-corrected chi connectivity index (χ2v) is 9.48. The predicted octanol–water partition coefficient (Wildman–Crippen LogP) is 4.50. The molecule has 0 spiro atoms. The lowest BCUT2D eigenvalue weighted by Gasteiger charge is -2.32. The van der Waals surface area contributed by atoms with Crippen LogP contribution in [0.5, 0.6) is 0 Å². The van der Waals surface area contributed by atoms with Gasteiger partial charge in [0.1, 0.15) is 0 Å². The molecule has 148 valence electrons. The van der Waals surface area contributed by atoms with Gasteiger partial charge in [-0.2, -0.15) is 0 Å². The van der Waals surface area contributed by atoms with Crippen molar-refractivity contribution in [3.8, 4) is 0 Å². The molecule has 4 nitrogen and oxygen atoms in total. The topological polar surface area (TPSA) is 35.2 Å². The molecule has 2 aromatic carbocycles. The number of fused-ring (bicyclic) bond motifs is 1. The molecule has 1 aliphatic heterocycles. The molecule has 1 aliphatic rings. The number of thioether (sulfide) groups is 2. The number of rotatable bonds is 7. The van der Waals surface area contributed by atoms with Crippen molar-refractivity contribution in [2.45, 2.75) is 22.7 Å². The standard InChI is InChI=1S/C22H28N4S2/c1-17-18(16-28-22-23-19-7-3-4-8-20(19)24-22)6-5-9-21(17)27-15-14-26-12-10-25(2)11-13-26/h3-9H,10-16H2,1-2H3,(H,23,24). The first-order valence-electron chi connectivity index (χ1n) is 9.89. The number of H-pyrrole nitrogens is 1. The third-order valence-electron chi connectivity index (χ3n) is 5.39. The number of para-hydroxylation sites is 2. The van der Waals surface area contributed by atoms with Crippen LogP contribution in [0, 0.1) is 6.92 Å². The summed E-state index contributed by atoms with van der Waals surface area (Å²) in [7, 11) is 2.21. The van der Waals surface area contributed by atoms with Gasteiger partial charge in [-0.05, 0) is 43.3 Å². The van der Waals surface area contributed by atoms with E-state index in [9.17, 15) is 0 Å². The smallest absolute Gasteiger partial charge is 0.166 e. The first-order chi connectivity index (χ1) is 13.7. The normalized spacial score (nSPS) is 16.1. The van der Waals surface area contributed by atoms with Gasteiger partial charge in [-0.3, -0.25) is 4.90 Å². The van der Waals surface area contributed by atoms with Crippen LogP contribution in [-0.4, -0.2) is 65.3 Å². The van der Waals surface area contributed by atoms with Crippen LogP contribution in [0.2, 0.25) is 0 Å². The summed E-state index contributed by atoms with van der Waals surface area (Å²) in [5, 5.41) is 0.994. The monoisotopic (exact) mass is 412 g/mol. The van der Waals surface area contributed by atoms with Crippen molar-refractivity contribution in [2.24, 2.45) is 0 Å². The van der Waals surface area contributed by atoms with Gasteiger partial charge < -0.3 is 9.88 Å². The molecule has 28 heavy (non-hydrogen) atoms. The van der Waals surface area contributed by atoms with Crippen molar-refractivity contribution < 1.29 is 0 Å². The molecule has 3 aromatic rings. The molecular weight excluding hydrogens is 384 g/mol. The minimum atomic E-state index is 0.943. The van der Waals surface area contributed by atoms with E-state index in [0.717, 1.165) is 27.7 Å². The van der Waals surface area contributed by atoms with Crippen LogP contribution in [0.1, 0.15) is 11.1 Å². The van der Waals surface area contributed by atoms with Crippen molar-refractivity contribution in [3.05, 3.63) is 53.6 Å². The molecule has 0 bridgehead atoms. The molecule has 1 aromatic heterocycles. The summed E-state index contributed by atoms with van der Waals surface area (Å²) in [5.41, 5.74) is 4.95. The molecule has 0 radical (unpaired) electrons. The lowest BCUT2D eigenvalue weighted by atomic mass is 10.1. The number of aromatic amines is 1. The minimum absolute atomic E-state index is 0.943. The van der Waals surface area contributed by atoms with Gasteiger partial charge in [0.25, 0.3) is 0 Å². The maximum absolute atomic E-state index is 4.68. The summed E-state index contributed by atoms with van der Waals surface area (Å²) in [5.74, 6) is 2.10. The lowest BCUT2D eigenvalue weighted by molar-refractivity contribution is 0.161. The van der Waals surface area contributed by atoms with E-state index in [1.165, 1.54) is 48.7 Å². The first kappa shape index (κ1) is 19.8. The van der Waals surface area contributed by atoms with E-state index in [-0.39, 0.29) is 0 Å². The number of hydrogen-bond acceptors (Lipinski definition) is 5. The van der Waals surface area contributed by atoms with Gasteiger partial charge in [0.2, 0.25) is 0 Å². The molecule has 0 saturated carbocycles. The third kappa shape index (κ3) is 4.92. The molecule has 4 rings (SSSR count). The molecule has 2 heterocycles. The number of nitrogens with one attached hydrogen (secondary N) is 1. The average molecular weight is 413 g/mol. The molecule has 0 aliphatic carbocycles. The molecule has 0 atom stereocenters. The Morgan fingerprint density at radius 2 is 1.82 bits per heavy atom. The third-order valence-corrected chi connectivity index (χ3v) is 7.45. The highest BCUT2D eigenvalue weighted by Crippen LogP contribution is 2.29. The second kappa shape index (κ2) is 9.35. The summed E-state index contributed by atoms with van der Waals surface area (Å²) in [4.78, 5) is 14.5. The highest BCUT2D eigenvalue weighted by molar-refractivity contribution is 7.99. The summed E-state index contributed by atoms with van der Waals surface area (Å²) in [6.07, 6.45) is 0. The molecule has 1 saturated heterocycles. The zero-order valence-electron chi connectivity index (χ0n) is 16.6. The number of benzene rings is 2. The number of aromatic nitrogens is 2. The molecule has 0 unspecified atom stereocenters. The van der Waals surface area contributed by atoms with Crippen LogP contribution in [0.25, 0.3) is 11.0 Å². The Morgan fingerprint density at radius 3 is 2.64 bits per heavy atom. The summed E-state index contributed by atoms with van der Waals surface area (Å²) in [6.45, 7) is 8.22. The molecule has 1 N–H and O–H groups in total. The Bertz CT molecular complexity index is 883. The quantitative estimate of drug-likeness (QED) is 0.578. The number of likely N-dealkylation sites (N-methyl/N-ethyl adjacent to an activating group) is 1. The molecule has 0 amide bonds. The van der Waals surface area contributed by atoms with Gasteiger partial charge >= 0.3 is 0 Å². The van der Waals surface area contributed by atoms with E-state index < -0.39 is 0 Å². The fourth-order valence-corrected chi connectivity index (χ4v) is 5.51. The van der Waals surface area contributed by atoms with E-state index in [1.54, 1.807) is 11.8 Å². The molecular formula is C22H28N4S2. The summed E-state index contributed by atoms with van der Waals surface area (Å²) < 4.78 is 0. The Balaban J connectivity index is 1.32. The fourth-order valence-electron chi connectivity index (χ4n) is 3.47. The van der Waals surface area contributed by atoms with Crippen molar-refractivity contribution in [3.63, 3.8) is 0 Å². The Kier molecular flexibility index (Phi) is 6.62. The highest BCUT2D eigenvalue weighted by atomic mass is 32.2. The minimum Gasteiger partial charge on any atom is -0.333 e. The van der Waals surface area contributed by atoms with Crippen molar-refractivity contribution in [1.82, 2.24) is 19.8 Å². The first-order valence-corrected chi connectivity index (χ1v) is 11.9. The average Bonchev–Trinajstić information content (AvgIpc) is 3.13. The van der Waals surface area contributed by atoms with E-state index in [0.29, 0.717) is 0 Å². The van der Waals surface area contributed by atoms with Crippen LogP contribution >= 0.6 is 23.5 Å². The van der Waals surface area contributed by atoms with Gasteiger partial charge in [-0.1, -0.05) is 36.0 Å². The van der Waals surface area contributed by atoms with Crippen LogP contribution in [-0.2, 0) is 5.75 Å². The number of piperazine rings is 1. The summed E-state index contributed by atoms with van der Waals surface area (Å²) in [6, 6.07) is 14.9. The highest BCUT2D eigenvalue weighted by Gasteiger charge is 2.13. The van der Waals surface area contributed by atoms with Crippen LogP contribution < -0.4 is 0 Å². The number of nitrogens with zero attached hydrogens (tertiary/aromatic N) is 3. The van der Waals surface area contributed by atoms with Gasteiger partial charge in [-0.15, -0.1) is 11.8 Å². The van der Waals surface area contributed by atoms with E-state index >= 15 is 0 Å². The van der Waals surface area contributed by atoms with E-state index in [2.05, 4.69) is 64.1 Å². The Morgan fingerprint density at radius 1 is 1.00 bits per heavy atom. The van der Waals surface area contributed by atoms with Crippen molar-refractivity contribution in [1.29, 1.82) is 0 Å². The Hall–Kier alpha value is -1.47. The molecule has 6 heteroatoms. The van der Waals surface area contributed by atoms with Gasteiger partial charge in [0.05, 0.1) is 11.0 Å². The van der Waals surface area contributed by atoms with E-state index in [1.807, 2.05) is 23.9 Å². The van der Waals surface area contributed by atoms with Crippen molar-refractivity contribution >= 4 is 34.6 Å². The van der Waals surface area contributed by atoms with Crippen molar-refractivity contribution in [2.75, 3.05) is 45.5 Å². The van der Waals surface area contributed by atoms with Gasteiger partial charge in [0.15, 0.2) is 5.16 Å². The number of hydrogen-bond donors (Lipinski definition) is 1. The van der Waals surface area contributed by atoms with Gasteiger partial charge in [-0.25, -0.2) is 4.98 Å². The zero-order valence-corrected chi connectivity index (χ0v) is 18.3. The van der Waals surface area contributed by atoms with Gasteiger partial charge in [0, 0.05) is 49.1 Å². The SMILES string of the molecule is Cc1c(CSc2nc3ccccc3[nH]2)cccc1SCCN1CCN(C)CC1. The van der Waals surface area contributed by atoms with Crippen LogP contribution in [0.15, 0.2) is 52.5 Å². The number of imidazole rings is 1.